The van der Waals surface area contributed by atoms with Crippen molar-refractivity contribution >= 4 is 10.1 Å². The molecule has 1 heterocycles. The van der Waals surface area contributed by atoms with Crippen molar-refractivity contribution in [3.63, 3.8) is 0 Å². The third-order valence-corrected chi connectivity index (χ3v) is 4.84. The molecule has 1 fully saturated rings. The highest BCUT2D eigenvalue weighted by molar-refractivity contribution is 7.85. The Morgan fingerprint density at radius 3 is 2.60 bits per heavy atom. The zero-order chi connectivity index (χ0) is 14.8. The maximum absolute atomic E-state index is 11.1. The van der Waals surface area contributed by atoms with Gasteiger partial charge in [-0.05, 0) is 49.9 Å². The van der Waals surface area contributed by atoms with Gasteiger partial charge < -0.3 is 5.32 Å². The fourth-order valence-electron chi connectivity index (χ4n) is 2.81. The van der Waals surface area contributed by atoms with E-state index < -0.39 is 10.1 Å². The van der Waals surface area contributed by atoms with Crippen molar-refractivity contribution in [2.75, 3.05) is 26.0 Å². The Bertz CT molecular complexity index is 575. The predicted molar refractivity (Wildman–Crippen MR) is 80.5 cm³/mol. The van der Waals surface area contributed by atoms with Gasteiger partial charge in [-0.1, -0.05) is 18.2 Å². The lowest BCUT2D eigenvalue weighted by Crippen LogP contribution is -2.31. The quantitative estimate of drug-likeness (QED) is 0.843. The molecule has 0 aliphatic carbocycles. The normalized spacial score (nSPS) is 23.1. The third-order valence-electron chi connectivity index (χ3n) is 4.24. The Balaban J connectivity index is 2.18. The lowest BCUT2D eigenvalue weighted by Gasteiger charge is -2.29. The molecule has 1 unspecified atom stereocenters. The zero-order valence-electron chi connectivity index (χ0n) is 12.4. The molecule has 0 radical (unpaired) electrons. The van der Waals surface area contributed by atoms with E-state index in [0.717, 1.165) is 32.2 Å². The van der Waals surface area contributed by atoms with Gasteiger partial charge in [0.2, 0.25) is 0 Å². The topological polar surface area (TPSA) is 55.4 Å². The van der Waals surface area contributed by atoms with Gasteiger partial charge in [0.25, 0.3) is 10.1 Å². The molecular formula is C15H23NO3S. The fraction of sp³-hybridized carbons (Fsp3) is 0.600. The summed E-state index contributed by atoms with van der Waals surface area (Å²) in [5.74, 6) is 0. The number of aryl methyl sites for hydroxylation is 2. The predicted octanol–water partition coefficient (Wildman–Crippen LogP) is 1.90. The average Bonchev–Trinajstić information content (AvgIpc) is 2.81. The van der Waals surface area contributed by atoms with Crippen LogP contribution in [0.1, 0.15) is 29.5 Å². The number of benzene rings is 1. The number of hydrogen-bond acceptors (Lipinski definition) is 4. The van der Waals surface area contributed by atoms with Crippen molar-refractivity contribution in [1.82, 2.24) is 5.32 Å². The molecule has 112 valence electrons. The molecule has 20 heavy (non-hydrogen) atoms. The Morgan fingerprint density at radius 2 is 2.05 bits per heavy atom. The Hall–Kier alpha value is -0.910. The minimum Gasteiger partial charge on any atom is -0.316 e. The van der Waals surface area contributed by atoms with Crippen LogP contribution < -0.4 is 5.32 Å². The molecule has 1 aromatic rings. The largest absolute Gasteiger partial charge is 0.316 e. The van der Waals surface area contributed by atoms with E-state index in [9.17, 15) is 8.42 Å². The summed E-state index contributed by atoms with van der Waals surface area (Å²) >= 11 is 0. The molecule has 0 amide bonds. The minimum atomic E-state index is -3.36. The van der Waals surface area contributed by atoms with Crippen molar-refractivity contribution in [1.29, 1.82) is 0 Å². The van der Waals surface area contributed by atoms with Crippen molar-refractivity contribution in [2.24, 2.45) is 0 Å². The molecular weight excluding hydrogens is 274 g/mol. The minimum absolute atomic E-state index is 0.0108. The second kappa shape index (κ2) is 5.84. The second-order valence-corrected chi connectivity index (χ2v) is 7.43. The van der Waals surface area contributed by atoms with E-state index in [-0.39, 0.29) is 12.0 Å². The standard InChI is InChI=1S/C15H23NO3S/c1-12-4-5-14(10-13(12)2)15(6-8-16-11-15)7-9-19-20(3,17)18/h4-5,10,16H,6-9,11H2,1-3H3. The van der Waals surface area contributed by atoms with Crippen LogP contribution in [0.15, 0.2) is 18.2 Å². The Morgan fingerprint density at radius 1 is 1.30 bits per heavy atom. The molecule has 1 aliphatic rings. The van der Waals surface area contributed by atoms with E-state index in [1.165, 1.54) is 16.7 Å². The molecule has 0 bridgehead atoms. The molecule has 0 saturated carbocycles. The smallest absolute Gasteiger partial charge is 0.264 e. The highest BCUT2D eigenvalue weighted by Crippen LogP contribution is 2.35. The first-order valence-electron chi connectivity index (χ1n) is 6.95. The summed E-state index contributed by atoms with van der Waals surface area (Å²) in [4.78, 5) is 0. The summed E-state index contributed by atoms with van der Waals surface area (Å²) < 4.78 is 27.1. The zero-order valence-corrected chi connectivity index (χ0v) is 13.2. The Labute approximate surface area is 121 Å². The van der Waals surface area contributed by atoms with E-state index in [2.05, 4.69) is 37.4 Å². The van der Waals surface area contributed by atoms with Crippen molar-refractivity contribution < 1.29 is 12.6 Å². The summed E-state index contributed by atoms with van der Waals surface area (Å²) in [5, 5.41) is 3.39. The SMILES string of the molecule is Cc1ccc(C2(CCOS(C)(=O)=O)CCNC2)cc1C. The van der Waals surface area contributed by atoms with Crippen molar-refractivity contribution in [3.05, 3.63) is 34.9 Å². The maximum atomic E-state index is 11.1. The monoisotopic (exact) mass is 297 g/mol. The number of rotatable bonds is 5. The third kappa shape index (κ3) is 3.59. The summed E-state index contributed by atoms with van der Waals surface area (Å²) in [6, 6.07) is 6.53. The lowest BCUT2D eigenvalue weighted by molar-refractivity contribution is 0.269. The van der Waals surface area contributed by atoms with Crippen LogP contribution >= 0.6 is 0 Å². The van der Waals surface area contributed by atoms with Crippen LogP contribution in [0.2, 0.25) is 0 Å². The summed E-state index contributed by atoms with van der Waals surface area (Å²) in [6.45, 7) is 6.30. The fourth-order valence-corrected chi connectivity index (χ4v) is 3.19. The van der Waals surface area contributed by atoms with Crippen LogP contribution in [0.4, 0.5) is 0 Å². The first-order valence-corrected chi connectivity index (χ1v) is 8.77. The summed E-state index contributed by atoms with van der Waals surface area (Å²) in [7, 11) is -3.36. The van der Waals surface area contributed by atoms with Gasteiger partial charge in [0.15, 0.2) is 0 Å². The van der Waals surface area contributed by atoms with Gasteiger partial charge in [0, 0.05) is 12.0 Å². The van der Waals surface area contributed by atoms with Gasteiger partial charge in [-0.3, -0.25) is 4.18 Å². The van der Waals surface area contributed by atoms with Crippen LogP contribution in [0.25, 0.3) is 0 Å². The molecule has 1 aliphatic heterocycles. The van der Waals surface area contributed by atoms with Crippen LogP contribution in [0.3, 0.4) is 0 Å². The average molecular weight is 297 g/mol. The first-order chi connectivity index (χ1) is 9.32. The molecule has 1 atom stereocenters. The van der Waals surface area contributed by atoms with Crippen LogP contribution in [-0.2, 0) is 19.7 Å². The van der Waals surface area contributed by atoms with E-state index >= 15 is 0 Å². The van der Waals surface area contributed by atoms with Gasteiger partial charge in [-0.2, -0.15) is 8.42 Å². The van der Waals surface area contributed by atoms with Gasteiger partial charge >= 0.3 is 0 Å². The Kier molecular flexibility index (Phi) is 4.52. The number of nitrogens with one attached hydrogen (secondary N) is 1. The lowest BCUT2D eigenvalue weighted by atomic mass is 9.76. The van der Waals surface area contributed by atoms with Gasteiger partial charge in [-0.15, -0.1) is 0 Å². The first kappa shape index (κ1) is 15.5. The second-order valence-electron chi connectivity index (χ2n) is 5.78. The van der Waals surface area contributed by atoms with E-state index in [1.54, 1.807) is 0 Å². The van der Waals surface area contributed by atoms with Crippen LogP contribution in [-0.4, -0.2) is 34.4 Å². The van der Waals surface area contributed by atoms with Crippen LogP contribution in [0, 0.1) is 13.8 Å². The highest BCUT2D eigenvalue weighted by Gasteiger charge is 2.35. The molecule has 0 spiro atoms. The molecule has 4 nitrogen and oxygen atoms in total. The maximum Gasteiger partial charge on any atom is 0.264 e. The molecule has 1 aromatic carbocycles. The molecule has 1 saturated heterocycles. The molecule has 1 N–H and O–H groups in total. The van der Waals surface area contributed by atoms with E-state index in [0.29, 0.717) is 0 Å². The van der Waals surface area contributed by atoms with Gasteiger partial charge in [0.1, 0.15) is 0 Å². The van der Waals surface area contributed by atoms with E-state index in [4.69, 9.17) is 4.18 Å². The van der Waals surface area contributed by atoms with Crippen LogP contribution in [0.5, 0.6) is 0 Å². The summed E-state index contributed by atoms with van der Waals surface area (Å²) in [6.07, 6.45) is 2.83. The summed E-state index contributed by atoms with van der Waals surface area (Å²) in [5.41, 5.74) is 3.83. The van der Waals surface area contributed by atoms with Crippen molar-refractivity contribution in [3.8, 4) is 0 Å². The van der Waals surface area contributed by atoms with E-state index in [1.807, 2.05) is 0 Å². The van der Waals surface area contributed by atoms with Gasteiger partial charge in [0.05, 0.1) is 12.9 Å². The molecule has 0 aromatic heterocycles. The van der Waals surface area contributed by atoms with Gasteiger partial charge in [-0.25, -0.2) is 0 Å². The number of hydrogen-bond donors (Lipinski definition) is 1. The highest BCUT2D eigenvalue weighted by atomic mass is 32.2. The molecule has 5 heteroatoms. The molecule has 2 rings (SSSR count). The van der Waals surface area contributed by atoms with Crippen molar-refractivity contribution in [2.45, 2.75) is 32.1 Å².